The highest BCUT2D eigenvalue weighted by Gasteiger charge is 2.35. The van der Waals surface area contributed by atoms with Crippen LogP contribution in [0, 0.1) is 0 Å². The van der Waals surface area contributed by atoms with Gasteiger partial charge < -0.3 is 0 Å². The van der Waals surface area contributed by atoms with Crippen molar-refractivity contribution in [3.8, 4) is 0 Å². The molecule has 102 valence electrons. The summed E-state index contributed by atoms with van der Waals surface area (Å²) in [5.41, 5.74) is -1.50. The van der Waals surface area contributed by atoms with Gasteiger partial charge in [0.05, 0.1) is 16.5 Å². The van der Waals surface area contributed by atoms with Gasteiger partial charge in [0, 0.05) is 4.47 Å². The molecule has 0 spiro atoms. The van der Waals surface area contributed by atoms with Crippen molar-refractivity contribution in [1.82, 2.24) is 0 Å². The maximum Gasteiger partial charge on any atom is 0.418 e. The Labute approximate surface area is 112 Å². The number of benzene rings is 1. The van der Waals surface area contributed by atoms with Gasteiger partial charge >= 0.3 is 6.18 Å². The topological polar surface area (TPSA) is 46.2 Å². The zero-order valence-electron chi connectivity index (χ0n) is 9.55. The summed E-state index contributed by atoms with van der Waals surface area (Å²) in [4.78, 5) is 0. The minimum atomic E-state index is -4.63. The molecule has 0 saturated carbocycles. The van der Waals surface area contributed by atoms with Crippen molar-refractivity contribution in [1.29, 1.82) is 0 Å². The average molecular weight is 346 g/mol. The molecular formula is C10H11BrF3NO2S. The lowest BCUT2D eigenvalue weighted by molar-refractivity contribution is -0.136. The van der Waals surface area contributed by atoms with Crippen LogP contribution in [0.25, 0.3) is 0 Å². The van der Waals surface area contributed by atoms with Gasteiger partial charge in [-0.2, -0.15) is 13.2 Å². The number of sulfonamides is 1. The lowest BCUT2D eigenvalue weighted by atomic mass is 10.2. The molecule has 1 N–H and O–H groups in total. The van der Waals surface area contributed by atoms with E-state index in [1.807, 2.05) is 4.72 Å². The van der Waals surface area contributed by atoms with Crippen LogP contribution in [0.15, 0.2) is 22.7 Å². The van der Waals surface area contributed by atoms with E-state index in [0.717, 1.165) is 12.1 Å². The number of hydrogen-bond acceptors (Lipinski definition) is 2. The lowest BCUT2D eigenvalue weighted by Gasteiger charge is -2.16. The summed E-state index contributed by atoms with van der Waals surface area (Å²) in [6.07, 6.45) is -4.63. The summed E-state index contributed by atoms with van der Waals surface area (Å²) in [5, 5.41) is -0.817. The SMILES string of the molecule is CC(C)S(=O)(=O)Nc1ccc(Br)cc1C(F)(F)F. The molecule has 1 aromatic carbocycles. The maximum atomic E-state index is 12.7. The van der Waals surface area contributed by atoms with Crippen molar-refractivity contribution in [2.24, 2.45) is 0 Å². The maximum absolute atomic E-state index is 12.7. The first-order chi connectivity index (χ1) is 8.04. The summed E-state index contributed by atoms with van der Waals surface area (Å²) < 4.78 is 63.6. The largest absolute Gasteiger partial charge is 0.418 e. The summed E-state index contributed by atoms with van der Waals surface area (Å²) in [6, 6.07) is 3.25. The highest BCUT2D eigenvalue weighted by Crippen LogP contribution is 2.37. The van der Waals surface area contributed by atoms with Crippen molar-refractivity contribution in [3.63, 3.8) is 0 Å². The number of anilines is 1. The van der Waals surface area contributed by atoms with Crippen LogP contribution in [-0.4, -0.2) is 13.7 Å². The second-order valence-corrected chi connectivity index (χ2v) is 7.04. The van der Waals surface area contributed by atoms with Gasteiger partial charge in [0.2, 0.25) is 10.0 Å². The second kappa shape index (κ2) is 5.08. The average Bonchev–Trinajstić information content (AvgIpc) is 2.18. The van der Waals surface area contributed by atoms with Gasteiger partial charge in [-0.3, -0.25) is 4.72 Å². The normalized spacial score (nSPS) is 12.8. The molecule has 3 nitrogen and oxygen atoms in total. The Morgan fingerprint density at radius 1 is 1.28 bits per heavy atom. The van der Waals surface area contributed by atoms with Crippen molar-refractivity contribution in [2.45, 2.75) is 25.3 Å². The molecule has 0 fully saturated rings. The van der Waals surface area contributed by atoms with Gasteiger partial charge in [-0.15, -0.1) is 0 Å². The highest BCUT2D eigenvalue weighted by molar-refractivity contribution is 9.10. The lowest BCUT2D eigenvalue weighted by Crippen LogP contribution is -2.24. The smallest absolute Gasteiger partial charge is 0.283 e. The van der Waals surface area contributed by atoms with Crippen LogP contribution < -0.4 is 4.72 Å². The number of hydrogen-bond donors (Lipinski definition) is 1. The van der Waals surface area contributed by atoms with Crippen LogP contribution in [0.5, 0.6) is 0 Å². The summed E-state index contributed by atoms with van der Waals surface area (Å²) in [6.45, 7) is 2.77. The van der Waals surface area contributed by atoms with E-state index < -0.39 is 32.7 Å². The Morgan fingerprint density at radius 2 is 1.83 bits per heavy atom. The molecule has 1 rings (SSSR count). The molecule has 0 aromatic heterocycles. The van der Waals surface area contributed by atoms with Gasteiger partial charge in [-0.05, 0) is 32.0 Å². The molecule has 0 aliphatic heterocycles. The third-order valence-electron chi connectivity index (χ3n) is 2.16. The molecule has 0 heterocycles. The van der Waals surface area contributed by atoms with E-state index in [1.165, 1.54) is 19.9 Å². The second-order valence-electron chi connectivity index (χ2n) is 3.88. The Bertz CT molecular complexity index is 541. The Balaban J connectivity index is 3.27. The fraction of sp³-hybridized carbons (Fsp3) is 0.400. The van der Waals surface area contributed by atoms with Gasteiger partial charge in [0.1, 0.15) is 0 Å². The van der Waals surface area contributed by atoms with E-state index in [2.05, 4.69) is 15.9 Å². The van der Waals surface area contributed by atoms with Crippen LogP contribution in [0.4, 0.5) is 18.9 Å². The van der Waals surface area contributed by atoms with Crippen LogP contribution in [0.3, 0.4) is 0 Å². The Morgan fingerprint density at radius 3 is 2.28 bits per heavy atom. The highest BCUT2D eigenvalue weighted by atomic mass is 79.9. The van der Waals surface area contributed by atoms with E-state index in [9.17, 15) is 21.6 Å². The number of alkyl halides is 3. The van der Waals surface area contributed by atoms with Gasteiger partial charge in [-0.25, -0.2) is 8.42 Å². The molecule has 0 bridgehead atoms. The minimum absolute atomic E-state index is 0.224. The van der Waals surface area contributed by atoms with Crippen LogP contribution in [0.2, 0.25) is 0 Å². The first-order valence-corrected chi connectivity index (χ1v) is 7.26. The monoisotopic (exact) mass is 345 g/mol. The predicted molar refractivity (Wildman–Crippen MR) is 66.8 cm³/mol. The Hall–Kier alpha value is -0.760. The summed E-state index contributed by atoms with van der Waals surface area (Å²) in [7, 11) is -3.81. The number of rotatable bonds is 3. The number of nitrogens with one attached hydrogen (secondary N) is 1. The standard InChI is InChI=1S/C10H11BrF3NO2S/c1-6(2)18(16,17)15-9-4-3-7(11)5-8(9)10(12,13)14/h3-6,15H,1-2H3. The molecule has 0 radical (unpaired) electrons. The fourth-order valence-electron chi connectivity index (χ4n) is 1.11. The predicted octanol–water partition coefficient (Wildman–Crippen LogP) is 3.62. The third-order valence-corrected chi connectivity index (χ3v) is 4.40. The zero-order valence-corrected chi connectivity index (χ0v) is 11.9. The van der Waals surface area contributed by atoms with Gasteiger partial charge in [-0.1, -0.05) is 15.9 Å². The molecular weight excluding hydrogens is 335 g/mol. The zero-order chi connectivity index (χ0) is 14.1. The minimum Gasteiger partial charge on any atom is -0.283 e. The Kier molecular flexibility index (Phi) is 4.32. The molecule has 1 aromatic rings. The van der Waals surface area contributed by atoms with E-state index in [-0.39, 0.29) is 4.47 Å². The number of halogens is 4. The molecule has 18 heavy (non-hydrogen) atoms. The van der Waals surface area contributed by atoms with Gasteiger partial charge in [0.15, 0.2) is 0 Å². The first-order valence-electron chi connectivity index (χ1n) is 4.92. The molecule has 8 heteroatoms. The van der Waals surface area contributed by atoms with Crippen molar-refractivity contribution < 1.29 is 21.6 Å². The fourth-order valence-corrected chi connectivity index (χ4v) is 2.19. The van der Waals surface area contributed by atoms with Crippen LogP contribution >= 0.6 is 15.9 Å². The summed E-state index contributed by atoms with van der Waals surface area (Å²) in [5.74, 6) is 0. The van der Waals surface area contributed by atoms with Crippen LogP contribution in [-0.2, 0) is 16.2 Å². The first kappa shape index (κ1) is 15.3. The summed E-state index contributed by atoms with van der Waals surface area (Å²) >= 11 is 2.92. The van der Waals surface area contributed by atoms with Crippen LogP contribution in [0.1, 0.15) is 19.4 Å². The van der Waals surface area contributed by atoms with E-state index >= 15 is 0 Å². The van der Waals surface area contributed by atoms with Gasteiger partial charge in [0.25, 0.3) is 0 Å². The third kappa shape index (κ3) is 3.61. The van der Waals surface area contributed by atoms with Crippen molar-refractivity contribution >= 4 is 31.6 Å². The van der Waals surface area contributed by atoms with Crippen molar-refractivity contribution in [2.75, 3.05) is 4.72 Å². The van der Waals surface area contributed by atoms with E-state index in [0.29, 0.717) is 0 Å². The van der Waals surface area contributed by atoms with E-state index in [1.54, 1.807) is 0 Å². The quantitative estimate of drug-likeness (QED) is 0.909. The molecule has 0 aliphatic carbocycles. The molecule has 0 amide bonds. The van der Waals surface area contributed by atoms with E-state index in [4.69, 9.17) is 0 Å². The molecule has 0 aliphatic rings. The molecule has 0 atom stereocenters. The molecule has 0 unspecified atom stereocenters. The molecule has 0 saturated heterocycles. The van der Waals surface area contributed by atoms with Crippen molar-refractivity contribution in [3.05, 3.63) is 28.2 Å².